The van der Waals surface area contributed by atoms with Crippen molar-refractivity contribution in [3.8, 4) is 0 Å². The normalized spacial score (nSPS) is 17.6. The van der Waals surface area contributed by atoms with Crippen LogP contribution < -0.4 is 0 Å². The van der Waals surface area contributed by atoms with Crippen molar-refractivity contribution >= 4 is 11.6 Å². The molecular formula is C22H24O3. The molecule has 0 aliphatic carbocycles. The number of aliphatic hydroxyl groups excluding tert-OH is 1. The summed E-state index contributed by atoms with van der Waals surface area (Å²) in [4.78, 5) is 0. The first-order valence-electron chi connectivity index (χ1n) is 8.60. The summed E-state index contributed by atoms with van der Waals surface area (Å²) in [7, 11) is 0. The van der Waals surface area contributed by atoms with Crippen molar-refractivity contribution in [2.75, 3.05) is 6.61 Å². The predicted molar refractivity (Wildman–Crippen MR) is 101 cm³/mol. The van der Waals surface area contributed by atoms with Crippen LogP contribution >= 0.6 is 0 Å². The molecule has 130 valence electrons. The topological polar surface area (TPSA) is 42.6 Å². The quantitative estimate of drug-likeness (QED) is 0.774. The Morgan fingerprint density at radius 2 is 2.04 bits per heavy atom. The van der Waals surface area contributed by atoms with Gasteiger partial charge in [0.05, 0.1) is 12.7 Å². The summed E-state index contributed by atoms with van der Waals surface area (Å²) in [6.07, 6.45) is 6.04. The maximum atomic E-state index is 9.18. The predicted octanol–water partition coefficient (Wildman–Crippen LogP) is 4.99. The summed E-state index contributed by atoms with van der Waals surface area (Å²) < 4.78 is 11.5. The zero-order chi connectivity index (χ0) is 17.6. The molecule has 3 heteroatoms. The van der Waals surface area contributed by atoms with Crippen molar-refractivity contribution in [2.24, 2.45) is 0 Å². The van der Waals surface area contributed by atoms with Crippen molar-refractivity contribution in [3.05, 3.63) is 83.3 Å². The van der Waals surface area contributed by atoms with Gasteiger partial charge in [0.25, 0.3) is 0 Å². The van der Waals surface area contributed by atoms with E-state index in [9.17, 15) is 5.11 Å². The van der Waals surface area contributed by atoms with Gasteiger partial charge in [-0.3, -0.25) is 0 Å². The Labute approximate surface area is 148 Å². The summed E-state index contributed by atoms with van der Waals surface area (Å²) in [5.41, 5.74) is 4.65. The van der Waals surface area contributed by atoms with Crippen LogP contribution in [0.2, 0.25) is 0 Å². The second kappa shape index (κ2) is 8.15. The fourth-order valence-electron chi connectivity index (χ4n) is 3.13. The molecule has 3 nitrogen and oxygen atoms in total. The van der Waals surface area contributed by atoms with E-state index in [1.807, 2.05) is 37.3 Å². The van der Waals surface area contributed by atoms with E-state index < -0.39 is 0 Å². The van der Waals surface area contributed by atoms with E-state index in [0.717, 1.165) is 24.2 Å². The van der Waals surface area contributed by atoms with Crippen molar-refractivity contribution < 1.29 is 14.3 Å². The molecule has 0 saturated heterocycles. The average Bonchev–Trinajstić information content (AvgIpc) is 3.28. The second-order valence-corrected chi connectivity index (χ2v) is 6.30. The van der Waals surface area contributed by atoms with E-state index in [1.54, 1.807) is 6.07 Å². The SMILES string of the molecule is C=C(C)C1=CCOC1CC/C(=C/c1ccc(CO)o1)c1ccccc1. The highest BCUT2D eigenvalue weighted by atomic mass is 16.5. The van der Waals surface area contributed by atoms with Gasteiger partial charge in [0, 0.05) is 0 Å². The van der Waals surface area contributed by atoms with Gasteiger partial charge in [0.15, 0.2) is 0 Å². The van der Waals surface area contributed by atoms with Crippen molar-refractivity contribution in [3.63, 3.8) is 0 Å². The van der Waals surface area contributed by atoms with Gasteiger partial charge in [-0.2, -0.15) is 0 Å². The summed E-state index contributed by atoms with van der Waals surface area (Å²) in [6, 6.07) is 14.0. The van der Waals surface area contributed by atoms with Crippen LogP contribution in [-0.4, -0.2) is 17.8 Å². The molecule has 1 N–H and O–H groups in total. The molecule has 2 aromatic rings. The number of furan rings is 1. The summed E-state index contributed by atoms with van der Waals surface area (Å²) in [5, 5.41) is 9.18. The largest absolute Gasteiger partial charge is 0.459 e. The van der Waals surface area contributed by atoms with Gasteiger partial charge in [-0.05, 0) is 54.7 Å². The molecule has 1 aromatic carbocycles. The summed E-state index contributed by atoms with van der Waals surface area (Å²) >= 11 is 0. The van der Waals surface area contributed by atoms with Crippen molar-refractivity contribution in [2.45, 2.75) is 32.5 Å². The Hall–Kier alpha value is -2.36. The van der Waals surface area contributed by atoms with E-state index in [2.05, 4.69) is 24.8 Å². The molecule has 1 aromatic heterocycles. The van der Waals surface area contributed by atoms with Crippen LogP contribution in [0.15, 0.2) is 70.7 Å². The van der Waals surface area contributed by atoms with Crippen LogP contribution in [0.3, 0.4) is 0 Å². The first-order valence-corrected chi connectivity index (χ1v) is 8.60. The molecule has 0 bridgehead atoms. The van der Waals surface area contributed by atoms with Gasteiger partial charge in [-0.15, -0.1) is 0 Å². The Balaban J connectivity index is 1.80. The highest BCUT2D eigenvalue weighted by Crippen LogP contribution is 2.30. The van der Waals surface area contributed by atoms with Crippen LogP contribution in [0.1, 0.15) is 36.8 Å². The molecule has 1 atom stereocenters. The summed E-state index contributed by atoms with van der Waals surface area (Å²) in [6.45, 7) is 6.66. The molecule has 1 unspecified atom stereocenters. The molecule has 0 spiro atoms. The third-order valence-corrected chi connectivity index (χ3v) is 4.42. The van der Waals surface area contributed by atoms with Gasteiger partial charge in [-0.25, -0.2) is 0 Å². The molecule has 0 fully saturated rings. The monoisotopic (exact) mass is 336 g/mol. The maximum absolute atomic E-state index is 9.18. The van der Waals surface area contributed by atoms with E-state index in [4.69, 9.17) is 9.15 Å². The highest BCUT2D eigenvalue weighted by molar-refractivity contribution is 5.80. The third kappa shape index (κ3) is 4.38. The molecule has 1 aliphatic heterocycles. The molecule has 2 heterocycles. The van der Waals surface area contributed by atoms with Gasteiger partial charge < -0.3 is 14.3 Å². The first-order chi connectivity index (χ1) is 12.2. The van der Waals surface area contributed by atoms with E-state index in [1.165, 1.54) is 16.7 Å². The molecule has 0 radical (unpaired) electrons. The number of hydrogen-bond donors (Lipinski definition) is 1. The molecule has 3 rings (SSSR count). The molecule has 0 saturated carbocycles. The van der Waals surface area contributed by atoms with Crippen molar-refractivity contribution in [1.82, 2.24) is 0 Å². The molecule has 0 amide bonds. The molecular weight excluding hydrogens is 312 g/mol. The average molecular weight is 336 g/mol. The minimum atomic E-state index is -0.0861. The first kappa shape index (κ1) is 17.5. The zero-order valence-corrected chi connectivity index (χ0v) is 14.6. The lowest BCUT2D eigenvalue weighted by molar-refractivity contribution is 0.117. The Kier molecular flexibility index (Phi) is 5.69. The number of rotatable bonds is 7. The van der Waals surface area contributed by atoms with E-state index in [0.29, 0.717) is 12.4 Å². The van der Waals surface area contributed by atoms with Gasteiger partial charge in [0.2, 0.25) is 0 Å². The lowest BCUT2D eigenvalue weighted by Crippen LogP contribution is -2.11. The smallest absolute Gasteiger partial charge is 0.130 e. The van der Waals surface area contributed by atoms with Gasteiger partial charge >= 0.3 is 0 Å². The van der Waals surface area contributed by atoms with E-state index in [-0.39, 0.29) is 12.7 Å². The Morgan fingerprint density at radius 1 is 1.24 bits per heavy atom. The molecule has 1 aliphatic rings. The maximum Gasteiger partial charge on any atom is 0.130 e. The second-order valence-electron chi connectivity index (χ2n) is 6.30. The standard InChI is InChI=1S/C22H24O3/c1-16(2)21-12-13-24-22(21)11-8-18(17-6-4-3-5-7-17)14-19-9-10-20(15-23)25-19/h3-7,9-10,12,14,22-23H,1,8,11,13,15H2,2H3/b18-14-. The van der Waals surface area contributed by atoms with Crippen molar-refractivity contribution in [1.29, 1.82) is 0 Å². The van der Waals surface area contributed by atoms with Crippen LogP contribution in [0.5, 0.6) is 0 Å². The number of aliphatic hydroxyl groups is 1. The van der Waals surface area contributed by atoms with Gasteiger partial charge in [0.1, 0.15) is 18.1 Å². The lowest BCUT2D eigenvalue weighted by Gasteiger charge is -2.16. The van der Waals surface area contributed by atoms with Crippen LogP contribution in [0.4, 0.5) is 0 Å². The zero-order valence-electron chi connectivity index (χ0n) is 14.6. The summed E-state index contributed by atoms with van der Waals surface area (Å²) in [5.74, 6) is 1.33. The number of allylic oxidation sites excluding steroid dienone is 1. The Morgan fingerprint density at radius 3 is 2.72 bits per heavy atom. The fourth-order valence-corrected chi connectivity index (χ4v) is 3.13. The Bertz CT molecular complexity index is 781. The lowest BCUT2D eigenvalue weighted by atomic mass is 9.94. The number of hydrogen-bond acceptors (Lipinski definition) is 3. The third-order valence-electron chi connectivity index (χ3n) is 4.42. The fraction of sp³-hybridized carbons (Fsp3) is 0.273. The van der Waals surface area contributed by atoms with Gasteiger partial charge in [-0.1, -0.05) is 48.6 Å². The van der Waals surface area contributed by atoms with Crippen LogP contribution in [0, 0.1) is 0 Å². The van der Waals surface area contributed by atoms with Crippen LogP contribution in [0.25, 0.3) is 11.6 Å². The number of benzene rings is 1. The molecule has 25 heavy (non-hydrogen) atoms. The minimum absolute atomic E-state index is 0.0861. The highest BCUT2D eigenvalue weighted by Gasteiger charge is 2.20. The number of ether oxygens (including phenoxy) is 1. The van der Waals surface area contributed by atoms with E-state index >= 15 is 0 Å². The minimum Gasteiger partial charge on any atom is -0.459 e. The van der Waals surface area contributed by atoms with Crippen LogP contribution in [-0.2, 0) is 11.3 Å².